The van der Waals surface area contributed by atoms with Gasteiger partial charge in [-0.25, -0.2) is 0 Å². The number of carbonyl (C=O) groups is 2. The van der Waals surface area contributed by atoms with Crippen molar-refractivity contribution in [3.63, 3.8) is 0 Å². The maximum Gasteiger partial charge on any atom is 0.245 e. The summed E-state index contributed by atoms with van der Waals surface area (Å²) >= 11 is 0. The molecule has 0 aromatic rings. The summed E-state index contributed by atoms with van der Waals surface area (Å²) in [6.45, 7) is 10.9. The van der Waals surface area contributed by atoms with Crippen molar-refractivity contribution in [2.45, 2.75) is 34.1 Å². The number of carbonyl (C=O) groups excluding carboxylic acids is 2. The first-order chi connectivity index (χ1) is 11.2. The summed E-state index contributed by atoms with van der Waals surface area (Å²) in [5.41, 5.74) is 0. The molecule has 23 heavy (non-hydrogen) atoms. The number of nitrogens with one attached hydrogen (secondary N) is 1. The van der Waals surface area contributed by atoms with Crippen molar-refractivity contribution >= 4 is 11.7 Å². The molecule has 0 aromatic carbocycles. The van der Waals surface area contributed by atoms with Gasteiger partial charge < -0.3 is 24.3 Å². The Kier molecular flexibility index (Phi) is 22.1. The smallest absolute Gasteiger partial charge is 0.245 e. The SMILES string of the molecule is CC.CCCNC(=O)COCCOCCOCCOCC(C)=O.[HH]. The Hall–Kier alpha value is -1.02. The summed E-state index contributed by atoms with van der Waals surface area (Å²) in [6.07, 6.45) is 0.911. The molecule has 0 spiro atoms. The molecule has 1 amide bonds. The second-order valence-corrected chi connectivity index (χ2v) is 4.38. The standard InChI is InChI=1S/C14H27NO6.C2H6.H2/c1-3-4-15-14(17)12-21-10-8-19-6-5-18-7-9-20-11-13(2)16;1-2;/h3-12H2,1-2H3,(H,15,17);1-2H3;1H. The average Bonchev–Trinajstić information content (AvgIpc) is 2.55. The zero-order valence-electron chi connectivity index (χ0n) is 15.0. The van der Waals surface area contributed by atoms with E-state index in [0.29, 0.717) is 46.2 Å². The summed E-state index contributed by atoms with van der Waals surface area (Å²) < 4.78 is 20.7. The number of amides is 1. The summed E-state index contributed by atoms with van der Waals surface area (Å²) in [5, 5.41) is 2.72. The molecule has 7 nitrogen and oxygen atoms in total. The quantitative estimate of drug-likeness (QED) is 0.455. The molecule has 0 aliphatic carbocycles. The third-order valence-corrected chi connectivity index (χ3v) is 2.23. The lowest BCUT2D eigenvalue weighted by Crippen LogP contribution is -2.28. The Bertz CT molecular complexity index is 279. The topological polar surface area (TPSA) is 83.1 Å². The van der Waals surface area contributed by atoms with Crippen LogP contribution < -0.4 is 5.32 Å². The summed E-state index contributed by atoms with van der Waals surface area (Å²) in [6, 6.07) is 0. The van der Waals surface area contributed by atoms with E-state index >= 15 is 0 Å². The average molecular weight is 337 g/mol. The minimum Gasteiger partial charge on any atom is -0.377 e. The normalized spacial score (nSPS) is 9.91. The van der Waals surface area contributed by atoms with Gasteiger partial charge in [-0.15, -0.1) is 0 Å². The Labute approximate surface area is 141 Å². The third kappa shape index (κ3) is 23.4. The lowest BCUT2D eigenvalue weighted by atomic mass is 10.5. The first kappa shape index (κ1) is 24.2. The summed E-state index contributed by atoms with van der Waals surface area (Å²) in [7, 11) is 0. The number of hydrogen-bond acceptors (Lipinski definition) is 6. The van der Waals surface area contributed by atoms with Crippen molar-refractivity contribution < 1.29 is 30.0 Å². The maximum absolute atomic E-state index is 11.2. The van der Waals surface area contributed by atoms with Gasteiger partial charge in [-0.3, -0.25) is 9.59 Å². The summed E-state index contributed by atoms with van der Waals surface area (Å²) in [5.74, 6) is -0.104. The molecule has 0 unspecified atom stereocenters. The van der Waals surface area contributed by atoms with Crippen molar-refractivity contribution in [2.24, 2.45) is 0 Å². The highest BCUT2D eigenvalue weighted by atomic mass is 16.6. The van der Waals surface area contributed by atoms with Crippen molar-refractivity contribution in [2.75, 3.05) is 59.4 Å². The minimum atomic E-state index is -0.106. The van der Waals surface area contributed by atoms with Crippen LogP contribution in [0.2, 0.25) is 0 Å². The molecule has 0 heterocycles. The fourth-order valence-corrected chi connectivity index (χ4v) is 1.25. The second kappa shape index (κ2) is 21.0. The molecular weight excluding hydrogens is 302 g/mol. The fourth-order valence-electron chi connectivity index (χ4n) is 1.25. The predicted molar refractivity (Wildman–Crippen MR) is 90.7 cm³/mol. The molecule has 1 N–H and O–H groups in total. The van der Waals surface area contributed by atoms with Gasteiger partial charge in [0.1, 0.15) is 13.2 Å². The van der Waals surface area contributed by atoms with Gasteiger partial charge in [-0.2, -0.15) is 0 Å². The molecule has 0 bridgehead atoms. The lowest BCUT2D eigenvalue weighted by molar-refractivity contribution is -0.126. The van der Waals surface area contributed by atoms with Crippen LogP contribution in [0.1, 0.15) is 35.5 Å². The molecule has 140 valence electrons. The van der Waals surface area contributed by atoms with Crippen LogP contribution in [0.25, 0.3) is 0 Å². The zero-order valence-corrected chi connectivity index (χ0v) is 15.0. The van der Waals surface area contributed by atoms with E-state index in [1.54, 1.807) is 0 Å². The Morgan fingerprint density at radius 1 is 0.826 bits per heavy atom. The van der Waals surface area contributed by atoms with Crippen molar-refractivity contribution in [3.8, 4) is 0 Å². The van der Waals surface area contributed by atoms with E-state index in [1.807, 2.05) is 20.8 Å². The first-order valence-electron chi connectivity index (χ1n) is 8.24. The predicted octanol–water partition coefficient (Wildman–Crippen LogP) is 1.44. The van der Waals surface area contributed by atoms with E-state index < -0.39 is 0 Å². The zero-order chi connectivity index (χ0) is 17.8. The van der Waals surface area contributed by atoms with Crippen LogP contribution in [0.3, 0.4) is 0 Å². The molecule has 0 radical (unpaired) electrons. The van der Waals surface area contributed by atoms with E-state index in [9.17, 15) is 9.59 Å². The number of ketones is 1. The van der Waals surface area contributed by atoms with Gasteiger partial charge in [-0.1, -0.05) is 20.8 Å². The second-order valence-electron chi connectivity index (χ2n) is 4.38. The number of rotatable bonds is 15. The van der Waals surface area contributed by atoms with E-state index in [2.05, 4.69) is 5.32 Å². The third-order valence-electron chi connectivity index (χ3n) is 2.23. The van der Waals surface area contributed by atoms with Crippen LogP contribution in [-0.4, -0.2) is 71.1 Å². The van der Waals surface area contributed by atoms with E-state index in [4.69, 9.17) is 18.9 Å². The maximum atomic E-state index is 11.2. The molecule has 0 aromatic heterocycles. The monoisotopic (exact) mass is 337 g/mol. The largest absolute Gasteiger partial charge is 0.377 e. The Morgan fingerprint density at radius 3 is 1.70 bits per heavy atom. The highest BCUT2D eigenvalue weighted by Crippen LogP contribution is 1.83. The Morgan fingerprint density at radius 2 is 1.26 bits per heavy atom. The molecule has 0 aliphatic heterocycles. The molecule has 0 rings (SSSR count). The van der Waals surface area contributed by atoms with Gasteiger partial charge in [0.05, 0.1) is 39.6 Å². The molecule has 0 atom stereocenters. The minimum absolute atomic E-state index is 0. The van der Waals surface area contributed by atoms with Crippen LogP contribution >= 0.6 is 0 Å². The van der Waals surface area contributed by atoms with Crippen LogP contribution in [0.4, 0.5) is 0 Å². The molecule has 0 saturated carbocycles. The van der Waals surface area contributed by atoms with Crippen LogP contribution in [0, 0.1) is 0 Å². The molecule has 7 heteroatoms. The molecule has 0 aliphatic rings. The van der Waals surface area contributed by atoms with Crippen LogP contribution in [0.5, 0.6) is 0 Å². The van der Waals surface area contributed by atoms with Gasteiger partial charge >= 0.3 is 0 Å². The molecule has 0 fully saturated rings. The van der Waals surface area contributed by atoms with Gasteiger partial charge in [0.2, 0.25) is 5.91 Å². The number of hydrogen-bond donors (Lipinski definition) is 1. The van der Waals surface area contributed by atoms with Crippen LogP contribution in [-0.2, 0) is 28.5 Å². The van der Waals surface area contributed by atoms with Crippen molar-refractivity contribution in [1.29, 1.82) is 0 Å². The van der Waals surface area contributed by atoms with E-state index in [-0.39, 0.29) is 26.3 Å². The van der Waals surface area contributed by atoms with Crippen LogP contribution in [0.15, 0.2) is 0 Å². The van der Waals surface area contributed by atoms with Crippen molar-refractivity contribution in [3.05, 3.63) is 0 Å². The Balaban J connectivity index is -0.00000141. The summed E-state index contributed by atoms with van der Waals surface area (Å²) in [4.78, 5) is 21.7. The lowest BCUT2D eigenvalue weighted by Gasteiger charge is -2.07. The van der Waals surface area contributed by atoms with E-state index in [0.717, 1.165) is 6.42 Å². The van der Waals surface area contributed by atoms with Crippen molar-refractivity contribution in [1.82, 2.24) is 5.32 Å². The highest BCUT2D eigenvalue weighted by Gasteiger charge is 1.99. The van der Waals surface area contributed by atoms with E-state index in [1.165, 1.54) is 6.92 Å². The number of Topliss-reactive ketones (excluding diaryl/α,β-unsaturated/α-hetero) is 1. The van der Waals surface area contributed by atoms with Gasteiger partial charge in [0, 0.05) is 7.97 Å². The van der Waals surface area contributed by atoms with Gasteiger partial charge in [0.15, 0.2) is 5.78 Å². The first-order valence-corrected chi connectivity index (χ1v) is 8.24. The number of ether oxygens (including phenoxy) is 4. The fraction of sp³-hybridized carbons (Fsp3) is 0.875. The highest BCUT2D eigenvalue weighted by molar-refractivity contribution is 5.77. The van der Waals surface area contributed by atoms with Gasteiger partial charge in [0.25, 0.3) is 0 Å². The van der Waals surface area contributed by atoms with Gasteiger partial charge in [-0.05, 0) is 13.3 Å². The molecular formula is C16H35NO6. The molecule has 0 saturated heterocycles.